The molecule has 0 spiro atoms. The molecule has 0 aliphatic rings. The Labute approximate surface area is 110 Å². The number of pyridine rings is 1. The summed E-state index contributed by atoms with van der Waals surface area (Å²) < 4.78 is 4.82. The number of nitrogens with zero attached hydrogens (tertiary/aromatic N) is 3. The molecule has 7 nitrogen and oxygen atoms in total. The fraction of sp³-hybridized carbons (Fsp3) is 0.333. The lowest BCUT2D eigenvalue weighted by molar-refractivity contribution is 0.101. The molecule has 2 heterocycles. The number of rotatable bonds is 5. The van der Waals surface area contributed by atoms with Gasteiger partial charge in [0.05, 0.1) is 0 Å². The molecule has 0 radical (unpaired) electrons. The first kappa shape index (κ1) is 13.0. The lowest BCUT2D eigenvalue weighted by Gasteiger charge is -2.05. The molecule has 0 saturated heterocycles. The van der Waals surface area contributed by atoms with Crippen molar-refractivity contribution in [1.29, 1.82) is 0 Å². The molecule has 0 fully saturated rings. The second kappa shape index (κ2) is 5.94. The van der Waals surface area contributed by atoms with E-state index in [1.807, 2.05) is 6.07 Å². The second-order valence-corrected chi connectivity index (χ2v) is 3.94. The molecule has 19 heavy (non-hydrogen) atoms. The van der Waals surface area contributed by atoms with Crippen LogP contribution in [0.5, 0.6) is 0 Å². The summed E-state index contributed by atoms with van der Waals surface area (Å²) in [7, 11) is 0. The van der Waals surface area contributed by atoms with Crippen molar-refractivity contribution in [2.24, 2.45) is 0 Å². The minimum Gasteiger partial charge on any atom is -0.370 e. The van der Waals surface area contributed by atoms with Crippen LogP contribution in [0, 0.1) is 6.92 Å². The molecular formula is C12H15N5O2. The summed E-state index contributed by atoms with van der Waals surface area (Å²) in [5.41, 5.74) is 0.289. The van der Waals surface area contributed by atoms with Crippen molar-refractivity contribution in [3.8, 4) is 0 Å². The van der Waals surface area contributed by atoms with Gasteiger partial charge >= 0.3 is 6.01 Å². The number of anilines is 2. The molecular weight excluding hydrogens is 246 g/mol. The monoisotopic (exact) mass is 261 g/mol. The van der Waals surface area contributed by atoms with E-state index >= 15 is 0 Å². The molecule has 0 aliphatic carbocycles. The van der Waals surface area contributed by atoms with E-state index < -0.39 is 0 Å². The highest BCUT2D eigenvalue weighted by atomic mass is 16.5. The topological polar surface area (TPSA) is 92.9 Å². The molecule has 100 valence electrons. The molecule has 2 aromatic heterocycles. The maximum atomic E-state index is 11.9. The zero-order chi connectivity index (χ0) is 13.7. The molecule has 0 atom stereocenters. The Morgan fingerprint density at radius 1 is 1.37 bits per heavy atom. The summed E-state index contributed by atoms with van der Waals surface area (Å²) >= 11 is 0. The van der Waals surface area contributed by atoms with Gasteiger partial charge in [-0.2, -0.15) is 4.98 Å². The van der Waals surface area contributed by atoms with E-state index in [1.165, 1.54) is 0 Å². The number of aryl methyl sites for hydroxylation is 1. The Kier molecular flexibility index (Phi) is 4.07. The van der Waals surface area contributed by atoms with Gasteiger partial charge in [0.15, 0.2) is 5.82 Å². The average molecular weight is 261 g/mol. The van der Waals surface area contributed by atoms with Gasteiger partial charge in [0.1, 0.15) is 11.5 Å². The van der Waals surface area contributed by atoms with Crippen LogP contribution in [0.15, 0.2) is 22.7 Å². The Morgan fingerprint density at radius 3 is 2.89 bits per heavy atom. The predicted molar refractivity (Wildman–Crippen MR) is 70.0 cm³/mol. The van der Waals surface area contributed by atoms with Crippen LogP contribution in [-0.2, 0) is 0 Å². The summed E-state index contributed by atoms with van der Waals surface area (Å²) in [6, 6.07) is 5.26. The molecule has 0 aromatic carbocycles. The first-order chi connectivity index (χ1) is 9.19. The zero-order valence-electron chi connectivity index (χ0n) is 10.8. The van der Waals surface area contributed by atoms with Crippen LogP contribution in [0.3, 0.4) is 0 Å². The molecule has 0 aliphatic heterocycles. The lowest BCUT2D eigenvalue weighted by atomic mass is 10.3. The van der Waals surface area contributed by atoms with Gasteiger partial charge in [0, 0.05) is 6.54 Å². The maximum absolute atomic E-state index is 11.9. The third-order valence-corrected chi connectivity index (χ3v) is 2.29. The van der Waals surface area contributed by atoms with Gasteiger partial charge in [-0.1, -0.05) is 18.1 Å². The first-order valence-corrected chi connectivity index (χ1v) is 6.01. The Balaban J connectivity index is 2.06. The highest BCUT2D eigenvalue weighted by Crippen LogP contribution is 2.08. The van der Waals surface area contributed by atoms with Crippen molar-refractivity contribution in [3.05, 3.63) is 29.7 Å². The third-order valence-electron chi connectivity index (χ3n) is 2.29. The molecule has 1 amide bonds. The van der Waals surface area contributed by atoms with Crippen molar-refractivity contribution < 1.29 is 9.32 Å². The zero-order valence-corrected chi connectivity index (χ0v) is 10.8. The number of nitrogens with one attached hydrogen (secondary N) is 2. The quantitative estimate of drug-likeness (QED) is 0.853. The number of carbonyl (C=O) groups is 1. The summed E-state index contributed by atoms with van der Waals surface area (Å²) in [6.07, 6.45) is 0.985. The number of hydrogen-bond acceptors (Lipinski definition) is 6. The minimum absolute atomic E-state index is 0.0659. The summed E-state index contributed by atoms with van der Waals surface area (Å²) in [5.74, 6) is 0.738. The molecule has 0 bridgehead atoms. The van der Waals surface area contributed by atoms with E-state index in [4.69, 9.17) is 4.52 Å². The molecule has 2 N–H and O–H groups in total. The van der Waals surface area contributed by atoms with Gasteiger partial charge in [-0.15, -0.1) is 0 Å². The second-order valence-electron chi connectivity index (χ2n) is 3.94. The van der Waals surface area contributed by atoms with Gasteiger partial charge in [-0.3, -0.25) is 10.1 Å². The fourth-order valence-electron chi connectivity index (χ4n) is 1.42. The van der Waals surface area contributed by atoms with Crippen molar-refractivity contribution in [2.45, 2.75) is 20.3 Å². The smallest absolute Gasteiger partial charge is 0.328 e. The minimum atomic E-state index is -0.385. The van der Waals surface area contributed by atoms with E-state index in [9.17, 15) is 4.79 Å². The standard InChI is InChI=1S/C12H15N5O2/c1-3-7-13-10-6-4-5-9(15-10)11(18)16-12-14-8(2)17-19-12/h4-6H,3,7H2,1-2H3,(H,13,15)(H,14,16,17,18). The maximum Gasteiger partial charge on any atom is 0.328 e. The first-order valence-electron chi connectivity index (χ1n) is 6.01. The van der Waals surface area contributed by atoms with E-state index in [2.05, 4.69) is 32.7 Å². The Bertz CT molecular complexity index is 567. The Morgan fingerprint density at radius 2 is 2.21 bits per heavy atom. The number of amides is 1. The summed E-state index contributed by atoms with van der Waals surface area (Å²) in [6.45, 7) is 4.54. The van der Waals surface area contributed by atoms with E-state index in [-0.39, 0.29) is 17.6 Å². The van der Waals surface area contributed by atoms with Crippen LogP contribution < -0.4 is 10.6 Å². The van der Waals surface area contributed by atoms with Crippen LogP contribution in [0.25, 0.3) is 0 Å². The van der Waals surface area contributed by atoms with Gasteiger partial charge in [0.2, 0.25) is 0 Å². The van der Waals surface area contributed by atoms with E-state index in [0.29, 0.717) is 11.6 Å². The van der Waals surface area contributed by atoms with Gasteiger partial charge < -0.3 is 9.84 Å². The van der Waals surface area contributed by atoms with Gasteiger partial charge in [0.25, 0.3) is 5.91 Å². The van der Waals surface area contributed by atoms with Gasteiger partial charge in [-0.05, 0) is 25.5 Å². The van der Waals surface area contributed by atoms with Gasteiger partial charge in [-0.25, -0.2) is 4.98 Å². The predicted octanol–water partition coefficient (Wildman–Crippen LogP) is 1.85. The molecule has 2 rings (SSSR count). The summed E-state index contributed by atoms with van der Waals surface area (Å²) in [5, 5.41) is 9.20. The van der Waals surface area contributed by atoms with E-state index in [1.54, 1.807) is 19.1 Å². The molecule has 7 heteroatoms. The largest absolute Gasteiger partial charge is 0.370 e. The molecule has 2 aromatic rings. The summed E-state index contributed by atoms with van der Waals surface area (Å²) in [4.78, 5) is 20.0. The van der Waals surface area contributed by atoms with Crippen LogP contribution in [0.1, 0.15) is 29.7 Å². The van der Waals surface area contributed by atoms with Crippen LogP contribution in [0.2, 0.25) is 0 Å². The van der Waals surface area contributed by atoms with Crippen LogP contribution >= 0.6 is 0 Å². The highest BCUT2D eigenvalue weighted by molar-refractivity contribution is 6.01. The van der Waals surface area contributed by atoms with Crippen LogP contribution in [0.4, 0.5) is 11.8 Å². The fourth-order valence-corrected chi connectivity index (χ4v) is 1.42. The van der Waals surface area contributed by atoms with Crippen molar-refractivity contribution in [2.75, 3.05) is 17.2 Å². The molecule has 0 saturated carbocycles. The van der Waals surface area contributed by atoms with Crippen LogP contribution in [-0.4, -0.2) is 27.6 Å². The van der Waals surface area contributed by atoms with Crippen molar-refractivity contribution in [3.63, 3.8) is 0 Å². The van der Waals surface area contributed by atoms with E-state index in [0.717, 1.165) is 13.0 Å². The highest BCUT2D eigenvalue weighted by Gasteiger charge is 2.12. The Hall–Kier alpha value is -2.44. The van der Waals surface area contributed by atoms with Crippen molar-refractivity contribution >= 4 is 17.7 Å². The number of hydrogen-bond donors (Lipinski definition) is 2. The average Bonchev–Trinajstić information content (AvgIpc) is 2.82. The normalized spacial score (nSPS) is 10.2. The number of carbonyl (C=O) groups excluding carboxylic acids is 1. The molecule has 0 unspecified atom stereocenters. The number of aromatic nitrogens is 3. The van der Waals surface area contributed by atoms with Crippen molar-refractivity contribution in [1.82, 2.24) is 15.1 Å². The lowest BCUT2D eigenvalue weighted by Crippen LogP contribution is -2.15. The third kappa shape index (κ3) is 3.51. The SMILES string of the molecule is CCCNc1cccc(C(=O)Nc2nc(C)no2)n1.